The Labute approximate surface area is 148 Å². The fourth-order valence-corrected chi connectivity index (χ4v) is 2.60. The van der Waals surface area contributed by atoms with Crippen LogP contribution in [-0.2, 0) is 6.42 Å². The molecule has 0 saturated heterocycles. The van der Waals surface area contributed by atoms with Gasteiger partial charge in [0.2, 0.25) is 0 Å². The predicted molar refractivity (Wildman–Crippen MR) is 96.9 cm³/mol. The van der Waals surface area contributed by atoms with Crippen molar-refractivity contribution in [2.45, 2.75) is 45.3 Å². The predicted octanol–water partition coefficient (Wildman–Crippen LogP) is 3.18. The second-order valence-electron chi connectivity index (χ2n) is 7.31. The number of carbonyl (C=O) groups is 2. The van der Waals surface area contributed by atoms with E-state index in [1.165, 1.54) is 33.8 Å². The Morgan fingerprint density at radius 2 is 1.40 bits per heavy atom. The number of ketones is 2. The van der Waals surface area contributed by atoms with E-state index >= 15 is 0 Å². The van der Waals surface area contributed by atoms with Crippen LogP contribution in [0.25, 0.3) is 0 Å². The summed E-state index contributed by atoms with van der Waals surface area (Å²) in [6, 6.07) is 14.3. The van der Waals surface area contributed by atoms with E-state index in [-0.39, 0.29) is 0 Å². The van der Waals surface area contributed by atoms with E-state index in [9.17, 15) is 19.8 Å². The lowest BCUT2D eigenvalue weighted by Crippen LogP contribution is -2.33. The minimum atomic E-state index is -1.51. The highest BCUT2D eigenvalue weighted by Crippen LogP contribution is 2.23. The SMILES string of the molecule is CC(C)(O)C(=O)c1ccc(C(=O)C(C)(C)O)c(Cc2ccccc2)c1. The zero-order chi connectivity index (χ0) is 18.8. The minimum absolute atomic E-state index is 0.339. The molecule has 2 N–H and O–H groups in total. The van der Waals surface area contributed by atoms with Gasteiger partial charge in [-0.15, -0.1) is 0 Å². The summed E-state index contributed by atoms with van der Waals surface area (Å²) in [7, 11) is 0. The van der Waals surface area contributed by atoms with Crippen LogP contribution in [0.2, 0.25) is 0 Å². The van der Waals surface area contributed by atoms with Crippen LogP contribution in [0.3, 0.4) is 0 Å². The monoisotopic (exact) mass is 340 g/mol. The highest BCUT2D eigenvalue weighted by atomic mass is 16.3. The molecule has 0 atom stereocenters. The molecular formula is C21H24O4. The van der Waals surface area contributed by atoms with E-state index in [1.807, 2.05) is 30.3 Å². The van der Waals surface area contributed by atoms with Gasteiger partial charge in [0.15, 0.2) is 11.6 Å². The second-order valence-corrected chi connectivity index (χ2v) is 7.31. The molecule has 0 aliphatic carbocycles. The number of benzene rings is 2. The summed E-state index contributed by atoms with van der Waals surface area (Å²) in [5.74, 6) is -0.815. The number of carbonyl (C=O) groups excluding carboxylic acids is 2. The van der Waals surface area contributed by atoms with Gasteiger partial charge < -0.3 is 10.2 Å². The van der Waals surface area contributed by atoms with Crippen molar-refractivity contribution in [2.24, 2.45) is 0 Å². The van der Waals surface area contributed by atoms with Gasteiger partial charge in [-0.05, 0) is 51.3 Å². The molecule has 0 unspecified atom stereocenters. The van der Waals surface area contributed by atoms with Gasteiger partial charge in [0.25, 0.3) is 0 Å². The van der Waals surface area contributed by atoms with Crippen molar-refractivity contribution in [3.63, 3.8) is 0 Å². The molecule has 2 rings (SSSR count). The number of hydrogen-bond donors (Lipinski definition) is 2. The lowest BCUT2D eigenvalue weighted by molar-refractivity contribution is 0.0482. The summed E-state index contributed by atoms with van der Waals surface area (Å²) >= 11 is 0. The third kappa shape index (κ3) is 4.62. The molecule has 4 heteroatoms. The molecule has 0 heterocycles. The van der Waals surface area contributed by atoms with E-state index in [0.29, 0.717) is 23.1 Å². The zero-order valence-corrected chi connectivity index (χ0v) is 15.0. The lowest BCUT2D eigenvalue weighted by atomic mass is 9.87. The summed E-state index contributed by atoms with van der Waals surface area (Å²) in [6.45, 7) is 5.75. The minimum Gasteiger partial charge on any atom is -0.382 e. The van der Waals surface area contributed by atoms with Crippen molar-refractivity contribution >= 4 is 11.6 Å². The van der Waals surface area contributed by atoms with Gasteiger partial charge in [-0.3, -0.25) is 9.59 Å². The summed E-state index contributed by atoms with van der Waals surface area (Å²) in [5, 5.41) is 20.1. The normalized spacial score (nSPS) is 12.1. The van der Waals surface area contributed by atoms with Gasteiger partial charge in [0.05, 0.1) is 0 Å². The highest BCUT2D eigenvalue weighted by molar-refractivity contribution is 6.06. The maximum absolute atomic E-state index is 12.6. The fraction of sp³-hybridized carbons (Fsp3) is 0.333. The number of aliphatic hydroxyl groups is 2. The molecule has 25 heavy (non-hydrogen) atoms. The van der Waals surface area contributed by atoms with Crippen molar-refractivity contribution in [2.75, 3.05) is 0 Å². The molecule has 0 fully saturated rings. The van der Waals surface area contributed by atoms with E-state index in [0.717, 1.165) is 5.56 Å². The first-order chi connectivity index (χ1) is 11.5. The Balaban J connectivity index is 2.53. The smallest absolute Gasteiger partial charge is 0.194 e. The van der Waals surface area contributed by atoms with Crippen LogP contribution in [0.1, 0.15) is 59.5 Å². The van der Waals surface area contributed by atoms with Crippen LogP contribution in [0.5, 0.6) is 0 Å². The average molecular weight is 340 g/mol. The van der Waals surface area contributed by atoms with Gasteiger partial charge in [0.1, 0.15) is 11.2 Å². The van der Waals surface area contributed by atoms with E-state index < -0.39 is 22.8 Å². The highest BCUT2D eigenvalue weighted by Gasteiger charge is 2.30. The van der Waals surface area contributed by atoms with Crippen LogP contribution in [-0.4, -0.2) is 33.0 Å². The van der Waals surface area contributed by atoms with E-state index in [1.54, 1.807) is 12.1 Å². The quantitative estimate of drug-likeness (QED) is 0.792. The second kappa shape index (κ2) is 6.90. The Morgan fingerprint density at radius 1 is 0.840 bits per heavy atom. The molecule has 0 aliphatic heterocycles. The van der Waals surface area contributed by atoms with Crippen LogP contribution < -0.4 is 0 Å². The van der Waals surface area contributed by atoms with Crippen LogP contribution in [0.15, 0.2) is 48.5 Å². The standard InChI is InChI=1S/C21H24O4/c1-20(2,24)18(22)15-10-11-17(19(23)21(3,4)25)16(13-15)12-14-8-6-5-7-9-14/h5-11,13,24-25H,12H2,1-4H3. The first kappa shape index (κ1) is 19.0. The molecule has 0 aliphatic rings. The average Bonchev–Trinajstić information content (AvgIpc) is 2.52. The topological polar surface area (TPSA) is 74.6 Å². The Kier molecular flexibility index (Phi) is 5.26. The van der Waals surface area contributed by atoms with Crippen molar-refractivity contribution < 1.29 is 19.8 Å². The molecule has 0 saturated carbocycles. The molecule has 0 amide bonds. The molecule has 0 radical (unpaired) electrons. The van der Waals surface area contributed by atoms with Gasteiger partial charge >= 0.3 is 0 Å². The summed E-state index contributed by atoms with van der Waals surface area (Å²) in [5.41, 5.74) is -0.651. The molecule has 132 valence electrons. The number of Topliss-reactive ketones (excluding diaryl/α,β-unsaturated/α-hetero) is 2. The Morgan fingerprint density at radius 3 is 1.92 bits per heavy atom. The van der Waals surface area contributed by atoms with Crippen molar-refractivity contribution in [3.05, 3.63) is 70.8 Å². The number of rotatable bonds is 6. The van der Waals surface area contributed by atoms with Gasteiger partial charge in [-0.25, -0.2) is 0 Å². The van der Waals surface area contributed by atoms with E-state index in [2.05, 4.69) is 0 Å². The lowest BCUT2D eigenvalue weighted by Gasteiger charge is -2.20. The van der Waals surface area contributed by atoms with Crippen LogP contribution in [0.4, 0.5) is 0 Å². The first-order valence-electron chi connectivity index (χ1n) is 8.21. The maximum atomic E-state index is 12.6. The van der Waals surface area contributed by atoms with Crippen LogP contribution in [0, 0.1) is 0 Å². The molecule has 0 spiro atoms. The van der Waals surface area contributed by atoms with Crippen molar-refractivity contribution in [1.82, 2.24) is 0 Å². The van der Waals surface area contributed by atoms with Crippen molar-refractivity contribution in [1.29, 1.82) is 0 Å². The maximum Gasteiger partial charge on any atom is 0.194 e. The van der Waals surface area contributed by atoms with Gasteiger partial charge in [-0.1, -0.05) is 42.5 Å². The summed E-state index contributed by atoms with van der Waals surface area (Å²) in [4.78, 5) is 24.9. The molecular weight excluding hydrogens is 316 g/mol. The third-order valence-electron chi connectivity index (χ3n) is 3.96. The molecule has 0 bridgehead atoms. The fourth-order valence-electron chi connectivity index (χ4n) is 2.60. The van der Waals surface area contributed by atoms with E-state index in [4.69, 9.17) is 0 Å². The van der Waals surface area contributed by atoms with Gasteiger partial charge in [0, 0.05) is 11.1 Å². The molecule has 0 aromatic heterocycles. The van der Waals surface area contributed by atoms with Gasteiger partial charge in [-0.2, -0.15) is 0 Å². The largest absolute Gasteiger partial charge is 0.382 e. The molecule has 4 nitrogen and oxygen atoms in total. The molecule has 2 aromatic carbocycles. The van der Waals surface area contributed by atoms with Crippen LogP contribution >= 0.6 is 0 Å². The summed E-state index contributed by atoms with van der Waals surface area (Å²) in [6.07, 6.45) is 0.449. The molecule has 2 aromatic rings. The summed E-state index contributed by atoms with van der Waals surface area (Å²) < 4.78 is 0. The first-order valence-corrected chi connectivity index (χ1v) is 8.21. The Hall–Kier alpha value is -2.30. The third-order valence-corrected chi connectivity index (χ3v) is 3.96. The van der Waals surface area contributed by atoms with Crippen molar-refractivity contribution in [3.8, 4) is 0 Å². The number of hydrogen-bond acceptors (Lipinski definition) is 4. The Bertz CT molecular complexity index is 778. The zero-order valence-electron chi connectivity index (χ0n) is 15.0.